The fourth-order valence-electron chi connectivity index (χ4n) is 6.44. The Morgan fingerprint density at radius 3 is 1.85 bits per heavy atom. The maximum atomic E-state index is 5.06. The molecule has 0 radical (unpaired) electrons. The van der Waals surface area contributed by atoms with Crippen LogP contribution in [-0.2, 0) is 0 Å². The molecule has 0 unspecified atom stereocenters. The summed E-state index contributed by atoms with van der Waals surface area (Å²) >= 11 is 0. The van der Waals surface area contributed by atoms with Gasteiger partial charge in [-0.3, -0.25) is 4.98 Å². The first-order chi connectivity index (χ1) is 19.8. The number of fused-ring (bicyclic) bond motifs is 4. The summed E-state index contributed by atoms with van der Waals surface area (Å²) in [5.74, 6) is 0. The Balaban J connectivity index is 1.18. The molecule has 0 N–H and O–H groups in total. The van der Waals surface area contributed by atoms with Crippen molar-refractivity contribution in [2.24, 2.45) is 0 Å². The molecule has 2 heterocycles. The van der Waals surface area contributed by atoms with E-state index < -0.39 is 0 Å². The monoisotopic (exact) mass is 506 g/mol. The first-order valence-electron chi connectivity index (χ1n) is 13.7. The second kappa shape index (κ2) is 8.08. The van der Waals surface area contributed by atoms with E-state index in [4.69, 9.17) is 4.98 Å². The molecule has 0 amide bonds. The predicted molar refractivity (Wildman–Crippen MR) is 169 cm³/mol. The molecule has 0 atom stereocenters. The van der Waals surface area contributed by atoms with Crippen LogP contribution in [0.5, 0.6) is 0 Å². The molecule has 0 fully saturated rings. The normalized spacial score (nSPS) is 12.0. The van der Waals surface area contributed by atoms with Crippen LogP contribution in [0.2, 0.25) is 0 Å². The fourth-order valence-corrected chi connectivity index (χ4v) is 6.44. The largest absolute Gasteiger partial charge is 0.254 e. The van der Waals surface area contributed by atoms with Crippen molar-refractivity contribution in [1.29, 1.82) is 0 Å². The number of aromatic nitrogens is 2. The van der Waals surface area contributed by atoms with E-state index in [-0.39, 0.29) is 0 Å². The van der Waals surface area contributed by atoms with Gasteiger partial charge < -0.3 is 0 Å². The van der Waals surface area contributed by atoms with Gasteiger partial charge in [-0.2, -0.15) is 0 Å². The second-order valence-corrected chi connectivity index (χ2v) is 10.7. The molecule has 0 saturated carbocycles. The summed E-state index contributed by atoms with van der Waals surface area (Å²) in [5.41, 5.74) is 6.47. The molecule has 9 rings (SSSR count). The van der Waals surface area contributed by atoms with Gasteiger partial charge >= 0.3 is 0 Å². The van der Waals surface area contributed by atoms with Gasteiger partial charge in [0, 0.05) is 22.5 Å². The zero-order chi connectivity index (χ0) is 26.2. The summed E-state index contributed by atoms with van der Waals surface area (Å²) in [6.07, 6.45) is 1.84. The van der Waals surface area contributed by atoms with Gasteiger partial charge in [-0.1, -0.05) is 103 Å². The highest BCUT2D eigenvalue weighted by molar-refractivity contribution is 6.25. The second-order valence-electron chi connectivity index (χ2n) is 10.7. The van der Waals surface area contributed by atoms with Crippen LogP contribution >= 0.6 is 0 Å². The maximum absolute atomic E-state index is 5.06. The molecular formula is C38H22N2. The van der Waals surface area contributed by atoms with Gasteiger partial charge in [-0.25, -0.2) is 4.98 Å². The first-order valence-corrected chi connectivity index (χ1v) is 13.7. The number of nitrogens with zero attached hydrogens (tertiary/aromatic N) is 2. The van der Waals surface area contributed by atoms with Gasteiger partial charge in [0.25, 0.3) is 0 Å². The van der Waals surface area contributed by atoms with Gasteiger partial charge in [0.1, 0.15) is 0 Å². The summed E-state index contributed by atoms with van der Waals surface area (Å²) in [4.78, 5) is 9.68. The van der Waals surface area contributed by atoms with Crippen LogP contribution in [-0.4, -0.2) is 9.97 Å². The van der Waals surface area contributed by atoms with E-state index in [2.05, 4.69) is 126 Å². The van der Waals surface area contributed by atoms with Gasteiger partial charge in [0.2, 0.25) is 0 Å². The van der Waals surface area contributed by atoms with Gasteiger partial charge in [-0.05, 0) is 78.5 Å². The quantitative estimate of drug-likeness (QED) is 0.218. The number of hydrogen-bond acceptors (Lipinski definition) is 2. The Morgan fingerprint density at radius 2 is 1.00 bits per heavy atom. The molecule has 0 aliphatic heterocycles. The molecule has 2 aromatic heterocycles. The number of rotatable bonds is 2. The molecule has 40 heavy (non-hydrogen) atoms. The molecule has 9 aromatic rings. The van der Waals surface area contributed by atoms with Crippen molar-refractivity contribution in [1.82, 2.24) is 9.97 Å². The fraction of sp³-hybridized carbons (Fsp3) is 0. The zero-order valence-corrected chi connectivity index (χ0v) is 21.6. The highest BCUT2D eigenvalue weighted by atomic mass is 14.7. The van der Waals surface area contributed by atoms with Crippen molar-refractivity contribution in [3.05, 3.63) is 134 Å². The van der Waals surface area contributed by atoms with Crippen molar-refractivity contribution < 1.29 is 0 Å². The summed E-state index contributed by atoms with van der Waals surface area (Å²) in [6, 6.07) is 46.1. The third-order valence-corrected chi connectivity index (χ3v) is 8.41. The Kier molecular flexibility index (Phi) is 4.36. The Bertz CT molecular complexity index is 2420. The van der Waals surface area contributed by atoms with Crippen LogP contribution in [0, 0.1) is 0 Å². The summed E-state index contributed by atoms with van der Waals surface area (Å²) < 4.78 is 0. The SMILES string of the molecule is c1cnc2c(c1)ccc1ccc(-c3ccc4cc(-c5ccc6ccc7cccc8ccc5c6c78)ccc4c3)nc12. The Morgan fingerprint density at radius 1 is 0.400 bits per heavy atom. The average Bonchev–Trinajstić information content (AvgIpc) is 3.03. The van der Waals surface area contributed by atoms with Gasteiger partial charge in [0.15, 0.2) is 0 Å². The van der Waals surface area contributed by atoms with E-state index in [0.717, 1.165) is 33.1 Å². The Hall–Kier alpha value is -5.34. The Labute approximate surface area is 230 Å². The molecule has 2 heteroatoms. The molecule has 2 nitrogen and oxygen atoms in total. The molecule has 0 saturated heterocycles. The maximum Gasteiger partial charge on any atom is 0.0972 e. The molecule has 0 aliphatic rings. The zero-order valence-electron chi connectivity index (χ0n) is 21.6. The van der Waals surface area contributed by atoms with Crippen LogP contribution in [0.1, 0.15) is 0 Å². The van der Waals surface area contributed by atoms with Gasteiger partial charge in [0.05, 0.1) is 16.7 Å². The lowest BCUT2D eigenvalue weighted by Gasteiger charge is -2.14. The molecule has 7 aromatic carbocycles. The minimum Gasteiger partial charge on any atom is -0.254 e. The molecule has 0 spiro atoms. The van der Waals surface area contributed by atoms with Crippen molar-refractivity contribution >= 4 is 64.9 Å². The molecular weight excluding hydrogens is 484 g/mol. The van der Waals surface area contributed by atoms with E-state index in [1.165, 1.54) is 54.2 Å². The average molecular weight is 507 g/mol. The van der Waals surface area contributed by atoms with E-state index in [0.29, 0.717) is 0 Å². The predicted octanol–water partition coefficient (Wildman–Crippen LogP) is 10.2. The minimum absolute atomic E-state index is 0.944. The third-order valence-electron chi connectivity index (χ3n) is 8.41. The van der Waals surface area contributed by atoms with Crippen molar-refractivity contribution in [2.75, 3.05) is 0 Å². The van der Waals surface area contributed by atoms with E-state index in [9.17, 15) is 0 Å². The number of benzene rings is 7. The third kappa shape index (κ3) is 3.11. The molecule has 0 aliphatic carbocycles. The van der Waals surface area contributed by atoms with Crippen molar-refractivity contribution in [3.8, 4) is 22.4 Å². The van der Waals surface area contributed by atoms with Crippen LogP contribution in [0.25, 0.3) is 87.3 Å². The van der Waals surface area contributed by atoms with E-state index in [1.807, 2.05) is 12.3 Å². The lowest BCUT2D eigenvalue weighted by molar-refractivity contribution is 1.37. The highest BCUT2D eigenvalue weighted by Crippen LogP contribution is 2.40. The van der Waals surface area contributed by atoms with Gasteiger partial charge in [-0.15, -0.1) is 0 Å². The highest BCUT2D eigenvalue weighted by Gasteiger charge is 2.13. The van der Waals surface area contributed by atoms with Crippen LogP contribution < -0.4 is 0 Å². The number of pyridine rings is 2. The standard InChI is InChI=1S/C38H22N2/c1-3-23-6-7-25-14-17-32(33-18-15-24(4-1)35(23)36(25)33)30-12-10-29-22-31(13-11-28(29)21-30)34-19-16-27-9-8-26-5-2-20-39-37(26)38(27)40-34/h1-22H. The molecule has 184 valence electrons. The van der Waals surface area contributed by atoms with Crippen LogP contribution in [0.3, 0.4) is 0 Å². The van der Waals surface area contributed by atoms with E-state index in [1.54, 1.807) is 0 Å². The topological polar surface area (TPSA) is 25.8 Å². The first kappa shape index (κ1) is 21.6. The molecule has 0 bridgehead atoms. The minimum atomic E-state index is 0.944. The number of hydrogen-bond donors (Lipinski definition) is 0. The smallest absolute Gasteiger partial charge is 0.0972 e. The van der Waals surface area contributed by atoms with Crippen LogP contribution in [0.15, 0.2) is 134 Å². The summed E-state index contributed by atoms with van der Waals surface area (Å²) in [5, 5.41) is 12.5. The summed E-state index contributed by atoms with van der Waals surface area (Å²) in [7, 11) is 0. The van der Waals surface area contributed by atoms with E-state index >= 15 is 0 Å². The summed E-state index contributed by atoms with van der Waals surface area (Å²) in [6.45, 7) is 0. The lowest BCUT2D eigenvalue weighted by atomic mass is 9.89. The van der Waals surface area contributed by atoms with Crippen molar-refractivity contribution in [2.45, 2.75) is 0 Å². The lowest BCUT2D eigenvalue weighted by Crippen LogP contribution is -1.89. The van der Waals surface area contributed by atoms with Crippen molar-refractivity contribution in [3.63, 3.8) is 0 Å². The van der Waals surface area contributed by atoms with Crippen LogP contribution in [0.4, 0.5) is 0 Å².